The van der Waals surface area contributed by atoms with Crippen LogP contribution in [0.5, 0.6) is 0 Å². The third-order valence-corrected chi connectivity index (χ3v) is 5.65. The molecule has 0 aromatic heterocycles. The molecule has 5 heteroatoms. The lowest BCUT2D eigenvalue weighted by molar-refractivity contribution is -0.133. The van der Waals surface area contributed by atoms with Gasteiger partial charge in [-0.3, -0.25) is 14.4 Å². The number of rotatable bonds is 2. The minimum absolute atomic E-state index is 0.110. The van der Waals surface area contributed by atoms with Crippen LogP contribution in [0.3, 0.4) is 0 Å². The molecular formula is C21H23NO4. The van der Waals surface area contributed by atoms with E-state index in [9.17, 15) is 14.4 Å². The van der Waals surface area contributed by atoms with Crippen LogP contribution in [-0.2, 0) is 19.1 Å². The monoisotopic (exact) mass is 353 g/mol. The second kappa shape index (κ2) is 6.71. The lowest BCUT2D eigenvalue weighted by Crippen LogP contribution is -2.44. The molecule has 0 radical (unpaired) electrons. The first-order valence-electron chi connectivity index (χ1n) is 9.38. The predicted molar refractivity (Wildman–Crippen MR) is 96.6 cm³/mol. The van der Waals surface area contributed by atoms with Gasteiger partial charge in [-0.1, -0.05) is 12.1 Å². The molecule has 1 amide bonds. The van der Waals surface area contributed by atoms with E-state index in [1.54, 1.807) is 0 Å². The van der Waals surface area contributed by atoms with Crippen LogP contribution in [0.4, 0.5) is 5.69 Å². The topological polar surface area (TPSA) is 72.5 Å². The Balaban J connectivity index is 1.77. The normalized spacial score (nSPS) is 28.1. The molecule has 1 aromatic carbocycles. The Morgan fingerprint density at radius 1 is 1.08 bits per heavy atom. The van der Waals surface area contributed by atoms with E-state index in [2.05, 4.69) is 5.32 Å². The summed E-state index contributed by atoms with van der Waals surface area (Å²) in [7, 11) is 0. The number of carbonyl (C=O) groups is 3. The van der Waals surface area contributed by atoms with Crippen LogP contribution in [0.1, 0.15) is 56.9 Å². The molecule has 2 aliphatic carbocycles. The average molecular weight is 353 g/mol. The number of ether oxygens (including phenoxy) is 1. The highest BCUT2D eigenvalue weighted by atomic mass is 16.5. The van der Waals surface area contributed by atoms with Crippen LogP contribution in [0, 0.1) is 5.92 Å². The zero-order valence-electron chi connectivity index (χ0n) is 14.9. The van der Waals surface area contributed by atoms with Crippen LogP contribution in [0.15, 0.2) is 35.6 Å². The quantitative estimate of drug-likeness (QED) is 0.883. The smallest absolute Gasteiger partial charge is 0.221 e. The Labute approximate surface area is 152 Å². The zero-order valence-corrected chi connectivity index (χ0v) is 14.9. The van der Waals surface area contributed by atoms with Gasteiger partial charge in [-0.05, 0) is 37.0 Å². The van der Waals surface area contributed by atoms with Gasteiger partial charge in [0, 0.05) is 43.4 Å². The molecule has 1 saturated carbocycles. The first-order chi connectivity index (χ1) is 12.5. The maximum Gasteiger partial charge on any atom is 0.221 e. The maximum absolute atomic E-state index is 12.7. The van der Waals surface area contributed by atoms with Crippen LogP contribution < -0.4 is 5.32 Å². The Hall–Kier alpha value is -2.43. The summed E-state index contributed by atoms with van der Waals surface area (Å²) in [5, 5.41) is 2.76. The second-order valence-electron chi connectivity index (χ2n) is 7.44. The summed E-state index contributed by atoms with van der Waals surface area (Å²) >= 11 is 0. The van der Waals surface area contributed by atoms with Crippen LogP contribution >= 0.6 is 0 Å². The van der Waals surface area contributed by atoms with Crippen molar-refractivity contribution in [2.45, 2.75) is 57.5 Å². The lowest BCUT2D eigenvalue weighted by atomic mass is 9.67. The van der Waals surface area contributed by atoms with Crippen molar-refractivity contribution in [3.63, 3.8) is 0 Å². The molecule has 3 atom stereocenters. The number of carbonyl (C=O) groups excluding carboxylic acids is 3. The van der Waals surface area contributed by atoms with Crippen LogP contribution in [-0.4, -0.2) is 23.6 Å². The second-order valence-corrected chi connectivity index (χ2v) is 7.44. The van der Waals surface area contributed by atoms with Gasteiger partial charge in [0.05, 0.1) is 5.92 Å². The fraction of sp³-hybridized carbons (Fsp3) is 0.476. The summed E-state index contributed by atoms with van der Waals surface area (Å²) in [6.45, 7) is 1.47. The van der Waals surface area contributed by atoms with E-state index < -0.39 is 0 Å². The lowest BCUT2D eigenvalue weighted by Gasteiger charge is -2.43. The highest BCUT2D eigenvalue weighted by Gasteiger charge is 2.48. The number of fused-ring (bicyclic) bond motifs is 1. The van der Waals surface area contributed by atoms with Crippen molar-refractivity contribution in [3.8, 4) is 0 Å². The van der Waals surface area contributed by atoms with Crippen molar-refractivity contribution >= 4 is 23.2 Å². The number of Topliss-reactive ketones (excluding diaryl/α,β-unsaturated/α-hetero) is 2. The van der Waals surface area contributed by atoms with E-state index in [-0.39, 0.29) is 35.4 Å². The van der Waals surface area contributed by atoms with E-state index in [1.807, 2.05) is 24.3 Å². The maximum atomic E-state index is 12.7. The number of amides is 1. The molecule has 1 N–H and O–H groups in total. The van der Waals surface area contributed by atoms with E-state index in [0.717, 1.165) is 37.0 Å². The fourth-order valence-corrected chi connectivity index (χ4v) is 4.58. The minimum Gasteiger partial charge on any atom is -0.494 e. The minimum atomic E-state index is -0.281. The fourth-order valence-electron chi connectivity index (χ4n) is 4.58. The number of anilines is 1. The summed E-state index contributed by atoms with van der Waals surface area (Å²) < 4.78 is 6.14. The van der Waals surface area contributed by atoms with Crippen LogP contribution in [0.25, 0.3) is 0 Å². The van der Waals surface area contributed by atoms with Gasteiger partial charge in [-0.15, -0.1) is 0 Å². The molecule has 5 nitrogen and oxygen atoms in total. The highest BCUT2D eigenvalue weighted by Crippen LogP contribution is 2.48. The van der Waals surface area contributed by atoms with Crippen molar-refractivity contribution in [1.82, 2.24) is 0 Å². The van der Waals surface area contributed by atoms with Gasteiger partial charge in [0.15, 0.2) is 5.78 Å². The Morgan fingerprint density at radius 3 is 2.58 bits per heavy atom. The van der Waals surface area contributed by atoms with Gasteiger partial charge in [0.2, 0.25) is 5.91 Å². The summed E-state index contributed by atoms with van der Waals surface area (Å²) in [5.74, 6) is 0.472. The van der Waals surface area contributed by atoms with Gasteiger partial charge >= 0.3 is 0 Å². The molecule has 1 heterocycles. The molecular weight excluding hydrogens is 330 g/mol. The van der Waals surface area contributed by atoms with Crippen molar-refractivity contribution in [1.29, 1.82) is 0 Å². The third-order valence-electron chi connectivity index (χ3n) is 5.65. The van der Waals surface area contributed by atoms with Gasteiger partial charge < -0.3 is 10.1 Å². The molecule has 0 bridgehead atoms. The van der Waals surface area contributed by atoms with Crippen molar-refractivity contribution < 1.29 is 19.1 Å². The molecule has 0 saturated heterocycles. The highest BCUT2D eigenvalue weighted by molar-refractivity contribution is 6.00. The predicted octanol–water partition coefficient (Wildman–Crippen LogP) is 3.50. The van der Waals surface area contributed by atoms with Crippen molar-refractivity contribution in [2.24, 2.45) is 5.92 Å². The molecule has 4 rings (SSSR count). The molecule has 3 aliphatic rings. The third kappa shape index (κ3) is 2.96. The molecule has 136 valence electrons. The summed E-state index contributed by atoms with van der Waals surface area (Å²) in [6.07, 6.45) is 4.26. The molecule has 0 spiro atoms. The SMILES string of the molecule is CC(=O)Nc1ccc([C@@H]2C3=C(CCCC3=O)O[C@@H]3CCCC(=O)[C@@H]32)cc1. The molecule has 0 unspecified atom stereocenters. The number of nitrogens with one attached hydrogen (secondary N) is 1. The van der Waals surface area contributed by atoms with Gasteiger partial charge in [0.1, 0.15) is 17.6 Å². The Morgan fingerprint density at radius 2 is 1.85 bits per heavy atom. The first kappa shape index (κ1) is 17.0. The molecule has 1 aromatic rings. The molecule has 26 heavy (non-hydrogen) atoms. The summed E-state index contributed by atoms with van der Waals surface area (Å²) in [4.78, 5) is 36.7. The van der Waals surface area contributed by atoms with Gasteiger partial charge in [-0.25, -0.2) is 0 Å². The summed E-state index contributed by atoms with van der Waals surface area (Å²) in [6, 6.07) is 7.52. The zero-order chi connectivity index (χ0) is 18.3. The standard InChI is InChI=1S/C21H23NO4/c1-12(23)22-14-10-8-13(9-11-14)19-20-15(24)4-2-6-17(20)26-18-7-3-5-16(25)21(18)19/h8-11,17,19-20H,2-7H2,1H3,(H,22,23)/t17-,19+,20+/m1/s1. The number of ketones is 2. The van der Waals surface area contributed by atoms with Crippen molar-refractivity contribution in [2.75, 3.05) is 5.32 Å². The Bertz CT molecular complexity index is 793. The van der Waals surface area contributed by atoms with E-state index in [1.165, 1.54) is 6.92 Å². The van der Waals surface area contributed by atoms with Gasteiger partial charge in [0.25, 0.3) is 0 Å². The number of hydrogen-bond acceptors (Lipinski definition) is 4. The number of hydrogen-bond donors (Lipinski definition) is 1. The Kier molecular flexibility index (Phi) is 4.39. The number of benzene rings is 1. The van der Waals surface area contributed by atoms with E-state index in [0.29, 0.717) is 24.1 Å². The van der Waals surface area contributed by atoms with Gasteiger partial charge in [-0.2, -0.15) is 0 Å². The molecule has 1 fully saturated rings. The first-order valence-corrected chi connectivity index (χ1v) is 9.38. The molecule has 1 aliphatic heterocycles. The van der Waals surface area contributed by atoms with E-state index in [4.69, 9.17) is 4.74 Å². The van der Waals surface area contributed by atoms with Crippen LogP contribution in [0.2, 0.25) is 0 Å². The van der Waals surface area contributed by atoms with E-state index >= 15 is 0 Å². The largest absolute Gasteiger partial charge is 0.494 e. The average Bonchev–Trinajstić information content (AvgIpc) is 2.61. The summed E-state index contributed by atoms with van der Waals surface area (Å²) in [5.41, 5.74) is 2.37. The number of allylic oxidation sites excluding steroid dienone is 2. The van der Waals surface area contributed by atoms with Crippen molar-refractivity contribution in [3.05, 3.63) is 41.2 Å².